The summed E-state index contributed by atoms with van der Waals surface area (Å²) < 4.78 is 18.0. The lowest BCUT2D eigenvalue weighted by Gasteiger charge is -2.02. The standard InChI is InChI=1S/C9H6ClFN2O/c1-14-8-3-6-7(2-5(8)11)13-9(10)4-12-6/h2-4H,1H3. The molecule has 0 atom stereocenters. The number of nitrogens with zero attached hydrogens (tertiary/aromatic N) is 2. The average molecular weight is 213 g/mol. The number of aromatic nitrogens is 2. The van der Waals surface area contributed by atoms with Gasteiger partial charge in [-0.05, 0) is 0 Å². The zero-order chi connectivity index (χ0) is 10.1. The minimum atomic E-state index is -0.475. The van der Waals surface area contributed by atoms with Crippen molar-refractivity contribution in [2.75, 3.05) is 7.11 Å². The summed E-state index contributed by atoms with van der Waals surface area (Å²) in [6, 6.07) is 2.72. The third kappa shape index (κ3) is 1.48. The first-order chi connectivity index (χ1) is 6.70. The molecule has 14 heavy (non-hydrogen) atoms. The molecule has 0 fully saturated rings. The lowest BCUT2D eigenvalue weighted by atomic mass is 10.3. The minimum absolute atomic E-state index is 0.147. The quantitative estimate of drug-likeness (QED) is 0.728. The van der Waals surface area contributed by atoms with Crippen molar-refractivity contribution in [3.8, 4) is 5.75 Å². The number of hydrogen-bond donors (Lipinski definition) is 0. The summed E-state index contributed by atoms with van der Waals surface area (Å²) in [7, 11) is 1.40. The highest BCUT2D eigenvalue weighted by Gasteiger charge is 2.06. The summed E-state index contributed by atoms with van der Waals surface area (Å²) in [5.74, 6) is -0.328. The maximum Gasteiger partial charge on any atom is 0.167 e. The molecule has 1 aromatic carbocycles. The second-order valence-electron chi connectivity index (χ2n) is 2.67. The van der Waals surface area contributed by atoms with Crippen LogP contribution in [0.3, 0.4) is 0 Å². The summed E-state index contributed by atoms with van der Waals surface area (Å²) in [5, 5.41) is 0.238. The highest BCUT2D eigenvalue weighted by Crippen LogP contribution is 2.22. The summed E-state index contributed by atoms with van der Waals surface area (Å²) in [4.78, 5) is 7.91. The van der Waals surface area contributed by atoms with Gasteiger partial charge in [0.2, 0.25) is 0 Å². The van der Waals surface area contributed by atoms with E-state index in [1.807, 2.05) is 0 Å². The number of benzene rings is 1. The Hall–Kier alpha value is -1.42. The summed E-state index contributed by atoms with van der Waals surface area (Å²) in [6.45, 7) is 0. The maximum atomic E-state index is 13.2. The van der Waals surface area contributed by atoms with E-state index in [9.17, 15) is 4.39 Å². The molecule has 0 N–H and O–H groups in total. The number of ether oxygens (including phenoxy) is 1. The molecule has 5 heteroatoms. The van der Waals surface area contributed by atoms with Gasteiger partial charge in [0.15, 0.2) is 11.6 Å². The molecule has 72 valence electrons. The Bertz CT molecular complexity index is 489. The predicted octanol–water partition coefficient (Wildman–Crippen LogP) is 2.43. The number of halogens is 2. The fraction of sp³-hybridized carbons (Fsp3) is 0.111. The summed E-state index contributed by atoms with van der Waals surface area (Å²) in [5.41, 5.74) is 0.962. The van der Waals surface area contributed by atoms with E-state index in [1.165, 1.54) is 25.4 Å². The Labute approximate surface area is 84.5 Å². The largest absolute Gasteiger partial charge is 0.494 e. The van der Waals surface area contributed by atoms with E-state index in [2.05, 4.69) is 9.97 Å². The van der Waals surface area contributed by atoms with Gasteiger partial charge in [-0.1, -0.05) is 11.6 Å². The highest BCUT2D eigenvalue weighted by molar-refractivity contribution is 6.29. The van der Waals surface area contributed by atoms with E-state index in [1.54, 1.807) is 0 Å². The minimum Gasteiger partial charge on any atom is -0.494 e. The fourth-order valence-corrected chi connectivity index (χ4v) is 1.29. The Morgan fingerprint density at radius 1 is 1.36 bits per heavy atom. The van der Waals surface area contributed by atoms with E-state index < -0.39 is 5.82 Å². The van der Waals surface area contributed by atoms with Crippen LogP contribution in [0.25, 0.3) is 11.0 Å². The normalized spacial score (nSPS) is 10.5. The molecule has 3 nitrogen and oxygen atoms in total. The lowest BCUT2D eigenvalue weighted by Crippen LogP contribution is -1.91. The SMILES string of the molecule is COc1cc2ncc(Cl)nc2cc1F. The van der Waals surface area contributed by atoms with E-state index in [0.29, 0.717) is 11.0 Å². The molecule has 0 saturated carbocycles. The molecule has 0 unspecified atom stereocenters. The topological polar surface area (TPSA) is 35.0 Å². The Morgan fingerprint density at radius 2 is 2.14 bits per heavy atom. The van der Waals surface area contributed by atoms with E-state index in [-0.39, 0.29) is 10.9 Å². The van der Waals surface area contributed by atoms with Crippen molar-refractivity contribution in [1.29, 1.82) is 0 Å². The summed E-state index contributed by atoms with van der Waals surface area (Å²) in [6.07, 6.45) is 1.40. The van der Waals surface area contributed by atoms with Gasteiger partial charge in [-0.25, -0.2) is 9.37 Å². The molecule has 0 saturated heterocycles. The Morgan fingerprint density at radius 3 is 2.86 bits per heavy atom. The van der Waals surface area contributed by atoms with Gasteiger partial charge in [-0.3, -0.25) is 4.98 Å². The van der Waals surface area contributed by atoms with Crippen LogP contribution in [0.1, 0.15) is 0 Å². The van der Waals surface area contributed by atoms with Crippen LogP contribution in [0.2, 0.25) is 5.15 Å². The van der Waals surface area contributed by atoms with Crippen molar-refractivity contribution in [2.24, 2.45) is 0 Å². The Balaban J connectivity index is 2.73. The van der Waals surface area contributed by atoms with Crippen LogP contribution >= 0.6 is 11.6 Å². The fourth-order valence-electron chi connectivity index (χ4n) is 1.15. The third-order valence-electron chi connectivity index (χ3n) is 1.79. The second-order valence-corrected chi connectivity index (χ2v) is 3.06. The predicted molar refractivity (Wildman–Crippen MR) is 51.1 cm³/mol. The van der Waals surface area contributed by atoms with Gasteiger partial charge in [0.05, 0.1) is 24.3 Å². The van der Waals surface area contributed by atoms with Crippen molar-refractivity contribution in [2.45, 2.75) is 0 Å². The zero-order valence-corrected chi connectivity index (χ0v) is 8.05. The number of hydrogen-bond acceptors (Lipinski definition) is 3. The average Bonchev–Trinajstić information content (AvgIpc) is 2.16. The van der Waals surface area contributed by atoms with Crippen molar-refractivity contribution in [1.82, 2.24) is 9.97 Å². The first kappa shape index (κ1) is 9.15. The molecule has 1 aromatic heterocycles. The maximum absolute atomic E-state index is 13.2. The molecule has 0 amide bonds. The van der Waals surface area contributed by atoms with Gasteiger partial charge >= 0.3 is 0 Å². The molecule has 0 bridgehead atoms. The highest BCUT2D eigenvalue weighted by atomic mass is 35.5. The molecule has 0 spiro atoms. The van der Waals surface area contributed by atoms with Crippen LogP contribution in [-0.2, 0) is 0 Å². The molecule has 1 heterocycles. The summed E-state index contributed by atoms with van der Waals surface area (Å²) >= 11 is 5.62. The zero-order valence-electron chi connectivity index (χ0n) is 7.29. The van der Waals surface area contributed by atoms with E-state index >= 15 is 0 Å². The van der Waals surface area contributed by atoms with Gasteiger partial charge in [0.25, 0.3) is 0 Å². The van der Waals surface area contributed by atoms with Gasteiger partial charge in [0, 0.05) is 12.1 Å². The second kappa shape index (κ2) is 3.38. The number of methoxy groups -OCH3 is 1. The molecule has 0 aliphatic heterocycles. The molecule has 2 aromatic rings. The van der Waals surface area contributed by atoms with Crippen LogP contribution in [0.5, 0.6) is 5.75 Å². The van der Waals surface area contributed by atoms with Crippen molar-refractivity contribution in [3.05, 3.63) is 29.3 Å². The van der Waals surface area contributed by atoms with Crippen LogP contribution < -0.4 is 4.74 Å². The van der Waals surface area contributed by atoms with Gasteiger partial charge in [0.1, 0.15) is 5.15 Å². The third-order valence-corrected chi connectivity index (χ3v) is 1.97. The van der Waals surface area contributed by atoms with Crippen LogP contribution in [-0.4, -0.2) is 17.1 Å². The van der Waals surface area contributed by atoms with Crippen molar-refractivity contribution in [3.63, 3.8) is 0 Å². The van der Waals surface area contributed by atoms with E-state index in [0.717, 1.165) is 0 Å². The van der Waals surface area contributed by atoms with Crippen LogP contribution in [0, 0.1) is 5.82 Å². The Kier molecular flexibility index (Phi) is 2.21. The van der Waals surface area contributed by atoms with Crippen molar-refractivity contribution < 1.29 is 9.13 Å². The van der Waals surface area contributed by atoms with Crippen LogP contribution in [0.4, 0.5) is 4.39 Å². The van der Waals surface area contributed by atoms with Gasteiger partial charge in [-0.15, -0.1) is 0 Å². The molecule has 0 radical (unpaired) electrons. The lowest BCUT2D eigenvalue weighted by molar-refractivity contribution is 0.387. The smallest absolute Gasteiger partial charge is 0.167 e. The van der Waals surface area contributed by atoms with Gasteiger partial charge in [-0.2, -0.15) is 0 Å². The molecular weight excluding hydrogens is 207 g/mol. The molecular formula is C9H6ClFN2O. The monoisotopic (exact) mass is 212 g/mol. The first-order valence-corrected chi connectivity index (χ1v) is 4.24. The van der Waals surface area contributed by atoms with E-state index in [4.69, 9.17) is 16.3 Å². The van der Waals surface area contributed by atoms with Crippen molar-refractivity contribution >= 4 is 22.6 Å². The number of rotatable bonds is 1. The molecule has 0 aliphatic rings. The first-order valence-electron chi connectivity index (χ1n) is 3.86. The number of fused-ring (bicyclic) bond motifs is 1. The van der Waals surface area contributed by atoms with Gasteiger partial charge < -0.3 is 4.74 Å². The molecule has 2 rings (SSSR count). The molecule has 0 aliphatic carbocycles. The van der Waals surface area contributed by atoms with Crippen LogP contribution in [0.15, 0.2) is 18.3 Å².